The Labute approximate surface area is 184 Å². The summed E-state index contributed by atoms with van der Waals surface area (Å²) in [4.78, 5) is 23.1. The van der Waals surface area contributed by atoms with Crippen LogP contribution in [0.25, 0.3) is 0 Å². The highest BCUT2D eigenvalue weighted by atomic mass is 32.2. The molecule has 0 aliphatic carbocycles. The van der Waals surface area contributed by atoms with Crippen LogP contribution >= 0.6 is 0 Å². The van der Waals surface area contributed by atoms with Crippen molar-refractivity contribution in [2.45, 2.75) is 50.4 Å². The molecular weight excluding hydrogens is 450 g/mol. The number of hydrogen-bond acceptors (Lipinski definition) is 9. The fraction of sp³-hybridized carbons (Fsp3) is 0.556. The first-order chi connectivity index (χ1) is 15.0. The molecule has 1 aliphatic heterocycles. The zero-order valence-corrected chi connectivity index (χ0v) is 18.0. The van der Waals surface area contributed by atoms with Gasteiger partial charge in [-0.1, -0.05) is 6.92 Å². The minimum Gasteiger partial charge on any atom is -0.463 e. The molecule has 0 bridgehead atoms. The summed E-state index contributed by atoms with van der Waals surface area (Å²) in [6.07, 6.45) is -5.76. The minimum atomic E-state index is -4.78. The van der Waals surface area contributed by atoms with Crippen LogP contribution in [0, 0.1) is 0 Å². The Hall–Kier alpha value is -2.33. The van der Waals surface area contributed by atoms with Crippen LogP contribution in [0.2, 0.25) is 0 Å². The Morgan fingerprint density at radius 3 is 2.34 bits per heavy atom. The SMILES string of the molecule is CCC(=O)NCCC(=O)Nc1ccc(OC2OC(CO)C(O)C(O)C2NS(=O)(=O)O)cc1. The van der Waals surface area contributed by atoms with Gasteiger partial charge < -0.3 is 35.4 Å². The molecule has 2 amide bonds. The van der Waals surface area contributed by atoms with Crippen LogP contribution in [-0.2, 0) is 24.6 Å². The van der Waals surface area contributed by atoms with Crippen molar-refractivity contribution in [2.24, 2.45) is 0 Å². The molecule has 1 aliphatic rings. The van der Waals surface area contributed by atoms with Gasteiger partial charge in [0.1, 0.15) is 30.1 Å². The quantitative estimate of drug-likeness (QED) is 0.187. The van der Waals surface area contributed by atoms with E-state index in [2.05, 4.69) is 10.6 Å². The summed E-state index contributed by atoms with van der Waals surface area (Å²) in [5, 5.41) is 34.6. The van der Waals surface area contributed by atoms with Gasteiger partial charge in [-0.05, 0) is 24.3 Å². The smallest absolute Gasteiger partial charge is 0.333 e. The maximum Gasteiger partial charge on any atom is 0.333 e. The van der Waals surface area contributed by atoms with E-state index in [1.807, 2.05) is 0 Å². The van der Waals surface area contributed by atoms with Gasteiger partial charge in [-0.15, -0.1) is 0 Å². The Balaban J connectivity index is 2.01. The van der Waals surface area contributed by atoms with Crippen molar-refractivity contribution in [1.82, 2.24) is 10.0 Å². The number of benzene rings is 1. The lowest BCUT2D eigenvalue weighted by molar-refractivity contribution is -0.242. The Kier molecular flexibility index (Phi) is 9.33. The molecule has 0 saturated carbocycles. The first-order valence-electron chi connectivity index (χ1n) is 9.74. The van der Waals surface area contributed by atoms with Crippen LogP contribution in [0.5, 0.6) is 5.75 Å². The van der Waals surface area contributed by atoms with Crippen LogP contribution in [0.3, 0.4) is 0 Å². The van der Waals surface area contributed by atoms with Gasteiger partial charge in [0, 0.05) is 25.1 Å². The van der Waals surface area contributed by atoms with Crippen molar-refractivity contribution < 1.29 is 47.4 Å². The van der Waals surface area contributed by atoms with Crippen molar-refractivity contribution in [2.75, 3.05) is 18.5 Å². The Morgan fingerprint density at radius 1 is 1.12 bits per heavy atom. The Morgan fingerprint density at radius 2 is 1.78 bits per heavy atom. The van der Waals surface area contributed by atoms with E-state index in [0.29, 0.717) is 12.1 Å². The number of nitrogens with one attached hydrogen (secondary N) is 3. The van der Waals surface area contributed by atoms with Crippen molar-refractivity contribution in [1.29, 1.82) is 0 Å². The highest BCUT2D eigenvalue weighted by Crippen LogP contribution is 2.25. The second kappa shape index (κ2) is 11.5. The zero-order chi connectivity index (χ0) is 23.9. The predicted molar refractivity (Wildman–Crippen MR) is 110 cm³/mol. The Bertz CT molecular complexity index is 879. The molecule has 2 rings (SSSR count). The van der Waals surface area contributed by atoms with Gasteiger partial charge in [-0.25, -0.2) is 0 Å². The third kappa shape index (κ3) is 7.67. The zero-order valence-electron chi connectivity index (χ0n) is 17.2. The van der Waals surface area contributed by atoms with E-state index in [9.17, 15) is 33.3 Å². The van der Waals surface area contributed by atoms with Crippen molar-refractivity contribution in [3.63, 3.8) is 0 Å². The fourth-order valence-electron chi connectivity index (χ4n) is 2.90. The molecule has 1 heterocycles. The average molecular weight is 477 g/mol. The lowest BCUT2D eigenvalue weighted by atomic mass is 9.98. The summed E-state index contributed by atoms with van der Waals surface area (Å²) in [6.45, 7) is 1.21. The van der Waals surface area contributed by atoms with Crippen LogP contribution < -0.4 is 20.1 Å². The third-order valence-electron chi connectivity index (χ3n) is 4.55. The molecule has 1 aromatic rings. The standard InChI is InChI=1S/C18H27N3O10S/c1-2-13(23)19-8-7-14(24)20-10-3-5-11(6-4-10)30-18-15(21-32(27,28)29)17(26)16(25)12(9-22)31-18/h3-6,12,15-18,21-22,25-26H,2,7-9H2,1H3,(H,19,23)(H,20,24)(H,27,28,29). The number of aliphatic hydroxyl groups excluding tert-OH is 3. The molecule has 0 radical (unpaired) electrons. The highest BCUT2D eigenvalue weighted by molar-refractivity contribution is 7.83. The summed E-state index contributed by atoms with van der Waals surface area (Å²) in [6, 6.07) is 4.24. The monoisotopic (exact) mass is 477 g/mol. The second-order valence-electron chi connectivity index (χ2n) is 6.97. The van der Waals surface area contributed by atoms with Crippen LogP contribution in [0.4, 0.5) is 5.69 Å². The van der Waals surface area contributed by atoms with Gasteiger partial charge >= 0.3 is 10.3 Å². The van der Waals surface area contributed by atoms with E-state index in [-0.39, 0.29) is 30.5 Å². The third-order valence-corrected chi connectivity index (χ3v) is 5.12. The molecule has 5 atom stereocenters. The molecule has 1 aromatic carbocycles. The molecule has 14 heteroatoms. The fourth-order valence-corrected chi connectivity index (χ4v) is 3.49. The maximum atomic E-state index is 11.9. The van der Waals surface area contributed by atoms with Crippen molar-refractivity contribution in [3.8, 4) is 5.75 Å². The summed E-state index contributed by atoms with van der Waals surface area (Å²) in [5.41, 5.74) is 0.421. The molecule has 32 heavy (non-hydrogen) atoms. The van der Waals surface area contributed by atoms with E-state index in [1.165, 1.54) is 24.3 Å². The second-order valence-corrected chi connectivity index (χ2v) is 8.16. The van der Waals surface area contributed by atoms with Gasteiger partial charge in [-0.2, -0.15) is 13.1 Å². The molecule has 180 valence electrons. The maximum absolute atomic E-state index is 11.9. The largest absolute Gasteiger partial charge is 0.463 e. The summed E-state index contributed by atoms with van der Waals surface area (Å²) >= 11 is 0. The van der Waals surface area contributed by atoms with E-state index < -0.39 is 47.6 Å². The number of amides is 2. The summed E-state index contributed by atoms with van der Waals surface area (Å²) < 4.78 is 44.0. The number of carbonyl (C=O) groups is 2. The van der Waals surface area contributed by atoms with Gasteiger partial charge in [0.25, 0.3) is 0 Å². The number of anilines is 1. The summed E-state index contributed by atoms with van der Waals surface area (Å²) in [7, 11) is -4.78. The van der Waals surface area contributed by atoms with Crippen LogP contribution in [0.1, 0.15) is 19.8 Å². The first kappa shape index (κ1) is 25.9. The number of rotatable bonds is 10. The van der Waals surface area contributed by atoms with Gasteiger partial charge in [0.15, 0.2) is 0 Å². The van der Waals surface area contributed by atoms with Crippen molar-refractivity contribution in [3.05, 3.63) is 24.3 Å². The van der Waals surface area contributed by atoms with Gasteiger partial charge in [-0.3, -0.25) is 14.1 Å². The lowest BCUT2D eigenvalue weighted by Gasteiger charge is -2.41. The van der Waals surface area contributed by atoms with Crippen LogP contribution in [0.15, 0.2) is 24.3 Å². The van der Waals surface area contributed by atoms with Crippen molar-refractivity contribution >= 4 is 27.8 Å². The molecule has 13 nitrogen and oxygen atoms in total. The average Bonchev–Trinajstić information content (AvgIpc) is 2.73. The highest BCUT2D eigenvalue weighted by Gasteiger charge is 2.47. The molecule has 1 saturated heterocycles. The molecule has 5 unspecified atom stereocenters. The first-order valence-corrected chi connectivity index (χ1v) is 11.2. The van der Waals surface area contributed by atoms with E-state index >= 15 is 0 Å². The van der Waals surface area contributed by atoms with Gasteiger partial charge in [0.2, 0.25) is 18.1 Å². The molecular formula is C18H27N3O10S. The predicted octanol–water partition coefficient (Wildman–Crippen LogP) is -1.88. The molecule has 1 fully saturated rings. The molecule has 0 aromatic heterocycles. The number of carbonyl (C=O) groups excluding carboxylic acids is 2. The normalized spacial score (nSPS) is 25.7. The number of hydrogen-bond donors (Lipinski definition) is 7. The molecule has 0 spiro atoms. The van der Waals surface area contributed by atoms with E-state index in [1.54, 1.807) is 11.6 Å². The summed E-state index contributed by atoms with van der Waals surface area (Å²) in [5.74, 6) is -0.344. The van der Waals surface area contributed by atoms with Gasteiger partial charge in [0.05, 0.1) is 6.61 Å². The minimum absolute atomic E-state index is 0.0751. The number of ether oxygens (including phenoxy) is 2. The van der Waals surface area contributed by atoms with Crippen LogP contribution in [-0.4, -0.2) is 83.9 Å². The van der Waals surface area contributed by atoms with E-state index in [4.69, 9.17) is 14.0 Å². The molecule has 7 N–H and O–H groups in total. The lowest BCUT2D eigenvalue weighted by Crippen LogP contribution is -2.65. The number of aliphatic hydroxyl groups is 3. The van der Waals surface area contributed by atoms with E-state index in [0.717, 1.165) is 0 Å². The topological polar surface area (TPSA) is 204 Å².